The summed E-state index contributed by atoms with van der Waals surface area (Å²) in [5.74, 6) is -2.34. The van der Waals surface area contributed by atoms with Gasteiger partial charge in [-0.3, -0.25) is 9.59 Å². The van der Waals surface area contributed by atoms with Gasteiger partial charge in [-0.2, -0.15) is 0 Å². The van der Waals surface area contributed by atoms with E-state index in [2.05, 4.69) is 98.9 Å². The Balaban J connectivity index is 4.37. The highest BCUT2D eigenvalue weighted by Crippen LogP contribution is 2.14. The predicted molar refractivity (Wildman–Crippen MR) is 278 cm³/mol. The Morgan fingerprint density at radius 1 is 0.463 bits per heavy atom. The molecule has 0 aliphatic carbocycles. The van der Waals surface area contributed by atoms with Crippen LogP contribution in [0.15, 0.2) is 85.1 Å². The van der Waals surface area contributed by atoms with Gasteiger partial charge >= 0.3 is 11.9 Å². The average Bonchev–Trinajstić information content (AvgIpc) is 3.29. The number of carboxylic acids is 1. The molecule has 0 aliphatic rings. The third kappa shape index (κ3) is 50.2. The number of esters is 2. The molecule has 9 heteroatoms. The lowest BCUT2D eigenvalue weighted by Crippen LogP contribution is -2.44. The van der Waals surface area contributed by atoms with E-state index in [0.29, 0.717) is 17.4 Å². The number of hydrogen-bond acceptors (Lipinski definition) is 8. The minimum atomic E-state index is -1.64. The molecule has 0 fully saturated rings. The van der Waals surface area contributed by atoms with Crippen molar-refractivity contribution < 1.29 is 42.9 Å². The van der Waals surface area contributed by atoms with Gasteiger partial charge in [0.25, 0.3) is 0 Å². The highest BCUT2D eigenvalue weighted by atomic mass is 16.7. The number of hydrogen-bond donors (Lipinski definition) is 0. The maximum atomic E-state index is 12.8. The van der Waals surface area contributed by atoms with Crippen LogP contribution < -0.4 is 5.11 Å². The number of rotatable bonds is 48. The van der Waals surface area contributed by atoms with Gasteiger partial charge in [-0.05, 0) is 89.9 Å². The van der Waals surface area contributed by atoms with E-state index >= 15 is 0 Å². The van der Waals surface area contributed by atoms with Crippen molar-refractivity contribution in [1.29, 1.82) is 0 Å². The Kier molecular flexibility index (Phi) is 46.3. The van der Waals surface area contributed by atoms with Crippen LogP contribution >= 0.6 is 0 Å². The minimum Gasteiger partial charge on any atom is -0.545 e. The van der Waals surface area contributed by atoms with Crippen LogP contribution in [0.1, 0.15) is 206 Å². The molecule has 0 saturated heterocycles. The molecular formula is C58H99NO8. The molecule has 0 bridgehead atoms. The number of aliphatic carboxylic acids is 1. The number of nitrogens with zero attached hydrogens (tertiary/aromatic N) is 1. The molecule has 0 aromatic rings. The van der Waals surface area contributed by atoms with E-state index in [9.17, 15) is 19.5 Å². The molecule has 9 nitrogen and oxygen atoms in total. The van der Waals surface area contributed by atoms with Crippen LogP contribution in [0.2, 0.25) is 0 Å². The van der Waals surface area contributed by atoms with Gasteiger partial charge in [-0.1, -0.05) is 189 Å². The quantitative estimate of drug-likeness (QED) is 0.0195. The molecule has 0 rings (SSSR count). The van der Waals surface area contributed by atoms with E-state index in [-0.39, 0.29) is 38.6 Å². The molecule has 2 atom stereocenters. The molecule has 0 aromatic carbocycles. The molecule has 0 aromatic heterocycles. The van der Waals surface area contributed by atoms with Gasteiger partial charge < -0.3 is 33.3 Å². The smallest absolute Gasteiger partial charge is 0.306 e. The first-order valence-corrected chi connectivity index (χ1v) is 26.7. The zero-order valence-electron chi connectivity index (χ0n) is 43.5. The summed E-state index contributed by atoms with van der Waals surface area (Å²) in [5.41, 5.74) is 0. The van der Waals surface area contributed by atoms with Crippen LogP contribution in [0.5, 0.6) is 0 Å². The van der Waals surface area contributed by atoms with Crippen molar-refractivity contribution in [2.45, 2.75) is 219 Å². The molecule has 0 aliphatic heterocycles. The second-order valence-corrected chi connectivity index (χ2v) is 18.8. The number of ether oxygens (including phenoxy) is 4. The number of quaternary nitrogens is 1. The summed E-state index contributed by atoms with van der Waals surface area (Å²) in [4.78, 5) is 37.2. The van der Waals surface area contributed by atoms with Crippen LogP contribution in [0.3, 0.4) is 0 Å². The third-order valence-corrected chi connectivity index (χ3v) is 11.1. The number of allylic oxidation sites excluding steroid dienone is 14. The molecule has 67 heavy (non-hydrogen) atoms. The Labute approximate surface area is 410 Å². The summed E-state index contributed by atoms with van der Waals surface area (Å²) >= 11 is 0. The third-order valence-electron chi connectivity index (χ3n) is 11.1. The summed E-state index contributed by atoms with van der Waals surface area (Å²) < 4.78 is 22.6. The second kappa shape index (κ2) is 48.9. The van der Waals surface area contributed by atoms with Crippen molar-refractivity contribution in [3.8, 4) is 0 Å². The van der Waals surface area contributed by atoms with Crippen LogP contribution in [-0.2, 0) is 33.3 Å². The summed E-state index contributed by atoms with van der Waals surface area (Å²) in [6, 6.07) is 0. The highest BCUT2D eigenvalue weighted by Gasteiger charge is 2.21. The molecule has 0 heterocycles. The number of likely N-dealkylation sites (N-methyl/N-ethyl adjacent to an activating group) is 1. The minimum absolute atomic E-state index is 0.136. The first-order valence-electron chi connectivity index (χ1n) is 26.7. The molecule has 0 N–H and O–H groups in total. The SMILES string of the molecule is CC/C=C\C/C=C\C/C=C\C/C=C\C/C=C\CCCCCC(=O)OC(COC(=O)CCCCCCCCCCCCC/C=C\C/C=C\CCCCCCC)COC(OCC[N+](C)(C)C)C(=O)[O-]. The fourth-order valence-corrected chi connectivity index (χ4v) is 7.00. The van der Waals surface area contributed by atoms with E-state index in [1.54, 1.807) is 0 Å². The van der Waals surface area contributed by atoms with E-state index in [1.807, 2.05) is 21.1 Å². The maximum Gasteiger partial charge on any atom is 0.306 e. The van der Waals surface area contributed by atoms with Crippen molar-refractivity contribution in [3.63, 3.8) is 0 Å². The van der Waals surface area contributed by atoms with E-state index in [4.69, 9.17) is 18.9 Å². The first kappa shape index (κ1) is 63.5. The normalized spacial score (nSPS) is 13.5. The van der Waals surface area contributed by atoms with Gasteiger partial charge in [-0.15, -0.1) is 0 Å². The van der Waals surface area contributed by atoms with E-state index in [0.717, 1.165) is 77.0 Å². The van der Waals surface area contributed by atoms with Gasteiger partial charge in [0.15, 0.2) is 12.4 Å². The Bertz CT molecular complexity index is 1370. The van der Waals surface area contributed by atoms with Gasteiger partial charge in [0, 0.05) is 12.8 Å². The topological polar surface area (TPSA) is 111 Å². The zero-order valence-corrected chi connectivity index (χ0v) is 43.5. The second-order valence-electron chi connectivity index (χ2n) is 18.8. The fraction of sp³-hybridized carbons (Fsp3) is 0.707. The number of carbonyl (C=O) groups excluding carboxylic acids is 3. The Morgan fingerprint density at radius 3 is 1.28 bits per heavy atom. The monoisotopic (exact) mass is 938 g/mol. The molecule has 384 valence electrons. The van der Waals surface area contributed by atoms with Crippen LogP contribution in [-0.4, -0.2) is 82.3 Å². The van der Waals surface area contributed by atoms with Crippen molar-refractivity contribution in [3.05, 3.63) is 85.1 Å². The lowest BCUT2D eigenvalue weighted by atomic mass is 10.0. The highest BCUT2D eigenvalue weighted by molar-refractivity contribution is 5.70. The Hall–Kier alpha value is -3.53. The lowest BCUT2D eigenvalue weighted by Gasteiger charge is -2.26. The summed E-state index contributed by atoms with van der Waals surface area (Å²) in [6.45, 7) is 4.57. The lowest BCUT2D eigenvalue weighted by molar-refractivity contribution is -0.870. The molecular weight excluding hydrogens is 839 g/mol. The molecule has 0 spiro atoms. The molecule has 0 saturated carbocycles. The van der Waals surface area contributed by atoms with E-state index < -0.39 is 24.3 Å². The Morgan fingerprint density at radius 2 is 0.851 bits per heavy atom. The van der Waals surface area contributed by atoms with Crippen molar-refractivity contribution in [2.75, 3.05) is 47.5 Å². The zero-order chi connectivity index (χ0) is 49.2. The molecule has 2 unspecified atom stereocenters. The molecule has 0 amide bonds. The van der Waals surface area contributed by atoms with Gasteiger partial charge in [-0.25, -0.2) is 0 Å². The largest absolute Gasteiger partial charge is 0.545 e. The van der Waals surface area contributed by atoms with Crippen molar-refractivity contribution >= 4 is 17.9 Å². The molecule has 0 radical (unpaired) electrons. The van der Waals surface area contributed by atoms with Crippen LogP contribution in [0.4, 0.5) is 0 Å². The van der Waals surface area contributed by atoms with Gasteiger partial charge in [0.2, 0.25) is 0 Å². The maximum absolute atomic E-state index is 12.8. The van der Waals surface area contributed by atoms with Crippen molar-refractivity contribution in [1.82, 2.24) is 0 Å². The number of carboxylic acid groups (broad SMARTS) is 1. The van der Waals surface area contributed by atoms with E-state index in [1.165, 1.54) is 96.3 Å². The number of carbonyl (C=O) groups is 3. The summed E-state index contributed by atoms with van der Waals surface area (Å²) in [6.07, 6.45) is 60.5. The van der Waals surface area contributed by atoms with Crippen LogP contribution in [0, 0.1) is 0 Å². The first-order chi connectivity index (χ1) is 32.6. The van der Waals surface area contributed by atoms with Crippen molar-refractivity contribution in [2.24, 2.45) is 0 Å². The predicted octanol–water partition coefficient (Wildman–Crippen LogP) is 13.9. The number of unbranched alkanes of at least 4 members (excludes halogenated alkanes) is 19. The van der Waals surface area contributed by atoms with Crippen LogP contribution in [0.25, 0.3) is 0 Å². The summed E-state index contributed by atoms with van der Waals surface area (Å²) in [5, 5.41) is 11.7. The standard InChI is InChI=1S/C58H99NO8/c1-6-8-10-12-14-16-18-20-22-24-26-27-28-29-31-32-34-36-38-40-42-44-46-48-55(60)65-52-54(53-66-58(57(62)63)64-51-50-59(3,4)5)67-56(61)49-47-45-43-41-39-37-35-33-30-25-23-21-19-17-15-13-11-9-7-2/h9,11,15,17-18,20-21,23-24,26,30,33,37,39,54,58H,6-8,10,12-14,16,19,22,25,27-29,31-32,34-36,38,40-53H2,1-5H3/b11-9-,17-15-,20-18-,23-21-,26-24-,33-30-,39-37-. The van der Waals surface area contributed by atoms with Gasteiger partial charge in [0.1, 0.15) is 13.2 Å². The fourth-order valence-electron chi connectivity index (χ4n) is 7.00. The average molecular weight is 938 g/mol. The van der Waals surface area contributed by atoms with Gasteiger partial charge in [0.05, 0.1) is 40.3 Å². The summed E-state index contributed by atoms with van der Waals surface area (Å²) in [7, 11) is 5.90.